The molecule has 3 nitrogen and oxygen atoms in total. The SMILES string of the molecule is CC(C)(C)C(Cl)CNc1ncc(Cl)cn1. The number of halogens is 2. The summed E-state index contributed by atoms with van der Waals surface area (Å²) in [7, 11) is 0. The highest BCUT2D eigenvalue weighted by Crippen LogP contribution is 2.24. The van der Waals surface area contributed by atoms with Crippen molar-refractivity contribution in [1.29, 1.82) is 0 Å². The van der Waals surface area contributed by atoms with Crippen LogP contribution in [0.3, 0.4) is 0 Å². The predicted octanol–water partition coefficient (Wildman–Crippen LogP) is 3.20. The van der Waals surface area contributed by atoms with Gasteiger partial charge in [0.25, 0.3) is 0 Å². The molecule has 0 saturated heterocycles. The fourth-order valence-corrected chi connectivity index (χ4v) is 1.07. The number of anilines is 1. The van der Waals surface area contributed by atoms with Crippen LogP contribution in [0.15, 0.2) is 12.4 Å². The molecule has 0 aromatic carbocycles. The first-order valence-electron chi connectivity index (χ1n) is 4.75. The van der Waals surface area contributed by atoms with Crippen LogP contribution in [-0.4, -0.2) is 21.9 Å². The second-order valence-electron chi connectivity index (χ2n) is 4.44. The van der Waals surface area contributed by atoms with E-state index in [0.717, 1.165) is 0 Å². The lowest BCUT2D eigenvalue weighted by Gasteiger charge is -2.25. The normalized spacial score (nSPS) is 13.7. The zero-order chi connectivity index (χ0) is 11.5. The first-order valence-corrected chi connectivity index (χ1v) is 5.56. The maximum atomic E-state index is 6.19. The van der Waals surface area contributed by atoms with Crippen LogP contribution < -0.4 is 5.32 Å². The van der Waals surface area contributed by atoms with Crippen LogP contribution in [0.5, 0.6) is 0 Å². The Morgan fingerprint density at radius 2 is 1.87 bits per heavy atom. The summed E-state index contributed by atoms with van der Waals surface area (Å²) in [5, 5.41) is 3.62. The van der Waals surface area contributed by atoms with Gasteiger partial charge in [-0.15, -0.1) is 11.6 Å². The van der Waals surface area contributed by atoms with E-state index in [2.05, 4.69) is 36.1 Å². The summed E-state index contributed by atoms with van der Waals surface area (Å²) in [5.74, 6) is 0.550. The average Bonchev–Trinajstić information content (AvgIpc) is 2.15. The molecule has 0 bridgehead atoms. The number of rotatable bonds is 3. The van der Waals surface area contributed by atoms with Crippen molar-refractivity contribution in [2.75, 3.05) is 11.9 Å². The van der Waals surface area contributed by atoms with E-state index in [0.29, 0.717) is 17.5 Å². The van der Waals surface area contributed by atoms with Gasteiger partial charge in [-0.1, -0.05) is 32.4 Å². The molecule has 84 valence electrons. The molecule has 0 spiro atoms. The molecule has 0 amide bonds. The standard InChI is InChI=1S/C10H15Cl2N3/c1-10(2,3)8(12)6-15-9-13-4-7(11)5-14-9/h4-5,8H,6H2,1-3H3,(H,13,14,15). The van der Waals surface area contributed by atoms with Gasteiger partial charge in [0.2, 0.25) is 5.95 Å². The zero-order valence-corrected chi connectivity index (χ0v) is 10.6. The topological polar surface area (TPSA) is 37.8 Å². The van der Waals surface area contributed by atoms with Gasteiger partial charge >= 0.3 is 0 Å². The average molecular weight is 248 g/mol. The largest absolute Gasteiger partial charge is 0.353 e. The van der Waals surface area contributed by atoms with Gasteiger partial charge < -0.3 is 5.32 Å². The van der Waals surface area contributed by atoms with Crippen LogP contribution in [-0.2, 0) is 0 Å². The second-order valence-corrected chi connectivity index (χ2v) is 5.40. The number of hydrogen-bond donors (Lipinski definition) is 1. The highest BCUT2D eigenvalue weighted by atomic mass is 35.5. The van der Waals surface area contributed by atoms with Crippen LogP contribution in [0.4, 0.5) is 5.95 Å². The van der Waals surface area contributed by atoms with E-state index in [9.17, 15) is 0 Å². The quantitative estimate of drug-likeness (QED) is 0.834. The first-order chi connectivity index (χ1) is 6.89. The van der Waals surface area contributed by atoms with Gasteiger partial charge in [0, 0.05) is 6.54 Å². The molecule has 1 aromatic heterocycles. The molecular formula is C10H15Cl2N3. The fourth-order valence-electron chi connectivity index (χ4n) is 0.891. The Bertz CT molecular complexity index is 305. The Morgan fingerprint density at radius 1 is 1.33 bits per heavy atom. The van der Waals surface area contributed by atoms with E-state index in [-0.39, 0.29) is 10.8 Å². The lowest BCUT2D eigenvalue weighted by atomic mass is 9.92. The van der Waals surface area contributed by atoms with Crippen molar-refractivity contribution in [3.8, 4) is 0 Å². The molecule has 1 rings (SSSR count). The maximum absolute atomic E-state index is 6.19. The zero-order valence-electron chi connectivity index (χ0n) is 9.09. The molecule has 0 saturated carbocycles. The molecule has 0 radical (unpaired) electrons. The van der Waals surface area contributed by atoms with Crippen molar-refractivity contribution >= 4 is 29.2 Å². The smallest absolute Gasteiger partial charge is 0.222 e. The number of nitrogens with zero attached hydrogens (tertiary/aromatic N) is 2. The number of hydrogen-bond acceptors (Lipinski definition) is 3. The molecule has 0 fully saturated rings. The van der Waals surface area contributed by atoms with Crippen molar-refractivity contribution < 1.29 is 0 Å². The van der Waals surface area contributed by atoms with Gasteiger partial charge in [-0.25, -0.2) is 9.97 Å². The Balaban J connectivity index is 2.47. The minimum Gasteiger partial charge on any atom is -0.353 e. The van der Waals surface area contributed by atoms with Crippen molar-refractivity contribution in [2.45, 2.75) is 26.1 Å². The summed E-state index contributed by atoms with van der Waals surface area (Å²) in [5.41, 5.74) is 0.0565. The van der Waals surface area contributed by atoms with Gasteiger partial charge in [-0.3, -0.25) is 0 Å². The van der Waals surface area contributed by atoms with E-state index < -0.39 is 0 Å². The maximum Gasteiger partial charge on any atom is 0.222 e. The fraction of sp³-hybridized carbons (Fsp3) is 0.600. The van der Waals surface area contributed by atoms with Gasteiger partial charge in [0.05, 0.1) is 22.8 Å². The Kier molecular flexibility index (Phi) is 4.17. The third kappa shape index (κ3) is 4.22. The minimum atomic E-state index is 0.0248. The molecule has 0 aliphatic carbocycles. The third-order valence-electron chi connectivity index (χ3n) is 2.00. The van der Waals surface area contributed by atoms with Gasteiger partial charge in [0.15, 0.2) is 0 Å². The Labute approximate surface area is 100 Å². The van der Waals surface area contributed by atoms with Gasteiger partial charge in [-0.2, -0.15) is 0 Å². The van der Waals surface area contributed by atoms with Crippen molar-refractivity contribution in [3.05, 3.63) is 17.4 Å². The Hall–Kier alpha value is -0.540. The summed E-state index contributed by atoms with van der Waals surface area (Å²) < 4.78 is 0. The lowest BCUT2D eigenvalue weighted by Crippen LogP contribution is -2.28. The monoisotopic (exact) mass is 247 g/mol. The molecule has 15 heavy (non-hydrogen) atoms. The Morgan fingerprint density at radius 3 is 2.33 bits per heavy atom. The van der Waals surface area contributed by atoms with Crippen LogP contribution in [0.25, 0.3) is 0 Å². The van der Waals surface area contributed by atoms with Crippen LogP contribution in [0.1, 0.15) is 20.8 Å². The molecular weight excluding hydrogens is 233 g/mol. The van der Waals surface area contributed by atoms with Gasteiger partial charge in [-0.05, 0) is 5.41 Å². The second kappa shape index (κ2) is 4.99. The van der Waals surface area contributed by atoms with E-state index in [1.165, 1.54) is 0 Å². The molecule has 0 aliphatic heterocycles. The van der Waals surface area contributed by atoms with Gasteiger partial charge in [0.1, 0.15) is 0 Å². The third-order valence-corrected chi connectivity index (χ3v) is 3.00. The molecule has 1 heterocycles. The van der Waals surface area contributed by atoms with Crippen molar-refractivity contribution in [1.82, 2.24) is 9.97 Å². The van der Waals surface area contributed by atoms with Crippen molar-refractivity contribution in [3.63, 3.8) is 0 Å². The summed E-state index contributed by atoms with van der Waals surface area (Å²) in [6, 6.07) is 0. The molecule has 1 atom stereocenters. The lowest BCUT2D eigenvalue weighted by molar-refractivity contribution is 0.397. The highest BCUT2D eigenvalue weighted by Gasteiger charge is 2.21. The van der Waals surface area contributed by atoms with E-state index in [4.69, 9.17) is 23.2 Å². The summed E-state index contributed by atoms with van der Waals surface area (Å²) in [6.45, 7) is 6.91. The van der Waals surface area contributed by atoms with Crippen LogP contribution >= 0.6 is 23.2 Å². The van der Waals surface area contributed by atoms with Crippen LogP contribution in [0.2, 0.25) is 5.02 Å². The molecule has 1 unspecified atom stereocenters. The van der Waals surface area contributed by atoms with Crippen LogP contribution in [0, 0.1) is 5.41 Å². The number of nitrogens with one attached hydrogen (secondary N) is 1. The van der Waals surface area contributed by atoms with E-state index in [1.807, 2.05) is 0 Å². The van der Waals surface area contributed by atoms with E-state index in [1.54, 1.807) is 12.4 Å². The summed E-state index contributed by atoms with van der Waals surface area (Å²) in [4.78, 5) is 8.04. The molecule has 5 heteroatoms. The summed E-state index contributed by atoms with van der Waals surface area (Å²) >= 11 is 11.9. The number of alkyl halides is 1. The summed E-state index contributed by atoms with van der Waals surface area (Å²) in [6.07, 6.45) is 3.11. The first kappa shape index (κ1) is 12.5. The predicted molar refractivity (Wildman–Crippen MR) is 64.6 cm³/mol. The molecule has 0 aliphatic rings. The molecule has 1 aromatic rings. The highest BCUT2D eigenvalue weighted by molar-refractivity contribution is 6.30. The van der Waals surface area contributed by atoms with Crippen molar-refractivity contribution in [2.24, 2.45) is 5.41 Å². The number of aromatic nitrogens is 2. The molecule has 1 N–H and O–H groups in total. The van der Waals surface area contributed by atoms with E-state index >= 15 is 0 Å². The minimum absolute atomic E-state index is 0.0248.